The van der Waals surface area contributed by atoms with Crippen LogP contribution < -0.4 is 5.32 Å². The number of carbonyl (C=O) groups excluding carboxylic acids is 1. The lowest BCUT2D eigenvalue weighted by molar-refractivity contribution is -0.122. The first-order chi connectivity index (χ1) is 7.72. The molecule has 1 aliphatic rings. The predicted molar refractivity (Wildman–Crippen MR) is 61.2 cm³/mol. The molecule has 94 valence electrons. The highest BCUT2D eigenvalue weighted by Gasteiger charge is 2.18. The molecule has 1 rings (SSSR count). The van der Waals surface area contributed by atoms with Gasteiger partial charge >= 0.3 is 0 Å². The summed E-state index contributed by atoms with van der Waals surface area (Å²) in [5, 5.41) is 12.2. The van der Waals surface area contributed by atoms with Crippen LogP contribution >= 0.6 is 0 Å². The van der Waals surface area contributed by atoms with E-state index in [-0.39, 0.29) is 12.0 Å². The molecule has 0 atom stereocenters. The molecule has 5 heteroatoms. The van der Waals surface area contributed by atoms with Crippen molar-refractivity contribution in [1.82, 2.24) is 10.2 Å². The molecule has 16 heavy (non-hydrogen) atoms. The number of hydrogen-bond donors (Lipinski definition) is 2. The van der Waals surface area contributed by atoms with Crippen molar-refractivity contribution < 1.29 is 14.6 Å². The zero-order chi connectivity index (χ0) is 11.8. The topological polar surface area (TPSA) is 61.8 Å². The standard InChI is InChI=1S/C11H22N2O3/c1-16-8-2-5-12-11(15)9-13-6-3-10(14)4-7-13/h10,14H,2-9H2,1H3,(H,12,15). The fraction of sp³-hybridized carbons (Fsp3) is 0.909. The van der Waals surface area contributed by atoms with Crippen LogP contribution in [0.5, 0.6) is 0 Å². The third kappa shape index (κ3) is 5.44. The van der Waals surface area contributed by atoms with Gasteiger partial charge in [0.2, 0.25) is 5.91 Å². The Labute approximate surface area is 96.8 Å². The Bertz CT molecular complexity index is 203. The molecule has 0 aromatic heterocycles. The second-order valence-corrected chi connectivity index (χ2v) is 4.20. The van der Waals surface area contributed by atoms with E-state index >= 15 is 0 Å². The number of aliphatic hydroxyl groups excluding tert-OH is 1. The number of methoxy groups -OCH3 is 1. The second-order valence-electron chi connectivity index (χ2n) is 4.20. The van der Waals surface area contributed by atoms with Gasteiger partial charge in [-0.15, -0.1) is 0 Å². The van der Waals surface area contributed by atoms with Crippen LogP contribution in [0.15, 0.2) is 0 Å². The normalized spacial score (nSPS) is 18.6. The Kier molecular flexibility index (Phi) is 6.37. The van der Waals surface area contributed by atoms with E-state index in [9.17, 15) is 9.90 Å². The van der Waals surface area contributed by atoms with Crippen LogP contribution in [0.1, 0.15) is 19.3 Å². The molecule has 2 N–H and O–H groups in total. The summed E-state index contributed by atoms with van der Waals surface area (Å²) >= 11 is 0. The average molecular weight is 230 g/mol. The van der Waals surface area contributed by atoms with Crippen LogP contribution in [0.25, 0.3) is 0 Å². The minimum atomic E-state index is -0.180. The number of likely N-dealkylation sites (tertiary alicyclic amines) is 1. The van der Waals surface area contributed by atoms with Crippen molar-refractivity contribution in [1.29, 1.82) is 0 Å². The Balaban J connectivity index is 2.05. The van der Waals surface area contributed by atoms with Crippen molar-refractivity contribution in [2.75, 3.05) is 39.9 Å². The van der Waals surface area contributed by atoms with E-state index in [1.807, 2.05) is 0 Å². The van der Waals surface area contributed by atoms with Gasteiger partial charge < -0.3 is 15.2 Å². The van der Waals surface area contributed by atoms with Crippen LogP contribution in [0.3, 0.4) is 0 Å². The summed E-state index contributed by atoms with van der Waals surface area (Å²) < 4.78 is 4.90. The maximum atomic E-state index is 11.5. The van der Waals surface area contributed by atoms with Crippen molar-refractivity contribution >= 4 is 5.91 Å². The van der Waals surface area contributed by atoms with Gasteiger partial charge in [-0.2, -0.15) is 0 Å². The van der Waals surface area contributed by atoms with E-state index in [0.29, 0.717) is 19.7 Å². The number of ether oxygens (including phenoxy) is 1. The van der Waals surface area contributed by atoms with Gasteiger partial charge in [0.25, 0.3) is 0 Å². The van der Waals surface area contributed by atoms with Gasteiger partial charge in [0.05, 0.1) is 12.6 Å². The molecule has 1 amide bonds. The summed E-state index contributed by atoms with van der Waals surface area (Å²) in [6, 6.07) is 0. The van der Waals surface area contributed by atoms with Crippen molar-refractivity contribution in [2.24, 2.45) is 0 Å². The van der Waals surface area contributed by atoms with Crippen molar-refractivity contribution in [2.45, 2.75) is 25.4 Å². The molecule has 1 heterocycles. The third-order valence-corrected chi connectivity index (χ3v) is 2.77. The Morgan fingerprint density at radius 3 is 2.81 bits per heavy atom. The number of nitrogens with zero attached hydrogens (tertiary/aromatic N) is 1. The summed E-state index contributed by atoms with van der Waals surface area (Å²) in [7, 11) is 1.65. The van der Waals surface area contributed by atoms with Crippen LogP contribution in [0, 0.1) is 0 Å². The highest BCUT2D eigenvalue weighted by molar-refractivity contribution is 5.77. The molecule has 0 aliphatic carbocycles. The number of aliphatic hydroxyl groups is 1. The first-order valence-corrected chi connectivity index (χ1v) is 5.88. The summed E-state index contributed by atoms with van der Waals surface area (Å²) in [5.74, 6) is 0.0625. The minimum absolute atomic E-state index is 0.0625. The van der Waals surface area contributed by atoms with Gasteiger partial charge in [-0.25, -0.2) is 0 Å². The lowest BCUT2D eigenvalue weighted by atomic mass is 10.1. The largest absolute Gasteiger partial charge is 0.393 e. The van der Waals surface area contributed by atoms with Crippen molar-refractivity contribution in [3.63, 3.8) is 0 Å². The maximum absolute atomic E-state index is 11.5. The molecular formula is C11H22N2O3. The predicted octanol–water partition coefficient (Wildman–Crippen LogP) is -0.404. The van der Waals surface area contributed by atoms with Crippen molar-refractivity contribution in [3.8, 4) is 0 Å². The second kappa shape index (κ2) is 7.60. The molecule has 0 unspecified atom stereocenters. The first-order valence-electron chi connectivity index (χ1n) is 5.88. The number of rotatable bonds is 6. The van der Waals surface area contributed by atoms with E-state index in [0.717, 1.165) is 32.4 Å². The smallest absolute Gasteiger partial charge is 0.234 e. The quantitative estimate of drug-likeness (QED) is 0.609. The minimum Gasteiger partial charge on any atom is -0.393 e. The summed E-state index contributed by atoms with van der Waals surface area (Å²) in [6.07, 6.45) is 2.22. The number of amides is 1. The lowest BCUT2D eigenvalue weighted by Crippen LogP contribution is -2.42. The first kappa shape index (κ1) is 13.4. The zero-order valence-electron chi connectivity index (χ0n) is 9.95. The Morgan fingerprint density at radius 2 is 2.19 bits per heavy atom. The van der Waals surface area contributed by atoms with Gasteiger partial charge in [-0.1, -0.05) is 0 Å². The number of carbonyl (C=O) groups is 1. The summed E-state index contributed by atoms with van der Waals surface area (Å²) in [6.45, 7) is 3.42. The lowest BCUT2D eigenvalue weighted by Gasteiger charge is -2.28. The molecule has 5 nitrogen and oxygen atoms in total. The Morgan fingerprint density at radius 1 is 1.50 bits per heavy atom. The van der Waals surface area contributed by atoms with Crippen molar-refractivity contribution in [3.05, 3.63) is 0 Å². The molecule has 0 radical (unpaired) electrons. The van der Waals surface area contributed by atoms with Gasteiger partial charge in [-0.3, -0.25) is 9.69 Å². The van der Waals surface area contributed by atoms with Gasteiger partial charge in [0.15, 0.2) is 0 Å². The molecular weight excluding hydrogens is 208 g/mol. The molecule has 0 aromatic rings. The number of hydrogen-bond acceptors (Lipinski definition) is 4. The van der Waals surface area contributed by atoms with Crippen LogP contribution in [-0.4, -0.2) is 61.9 Å². The van der Waals surface area contributed by atoms with E-state index in [1.165, 1.54) is 0 Å². The maximum Gasteiger partial charge on any atom is 0.234 e. The SMILES string of the molecule is COCCCNC(=O)CN1CCC(O)CC1. The molecule has 0 saturated carbocycles. The monoisotopic (exact) mass is 230 g/mol. The van der Waals surface area contributed by atoms with Crippen LogP contribution in [0.2, 0.25) is 0 Å². The van der Waals surface area contributed by atoms with Crippen LogP contribution in [-0.2, 0) is 9.53 Å². The van der Waals surface area contributed by atoms with Crippen LogP contribution in [0.4, 0.5) is 0 Å². The Hall–Kier alpha value is -0.650. The fourth-order valence-corrected chi connectivity index (χ4v) is 1.78. The molecule has 1 fully saturated rings. The van der Waals surface area contributed by atoms with Gasteiger partial charge in [-0.05, 0) is 19.3 Å². The van der Waals surface area contributed by atoms with Gasteiger partial charge in [0, 0.05) is 33.4 Å². The van der Waals surface area contributed by atoms with E-state index in [2.05, 4.69) is 10.2 Å². The molecule has 0 aromatic carbocycles. The van der Waals surface area contributed by atoms with E-state index in [4.69, 9.17) is 4.74 Å². The summed E-state index contributed by atoms with van der Waals surface area (Å²) in [4.78, 5) is 13.6. The summed E-state index contributed by atoms with van der Waals surface area (Å²) in [5.41, 5.74) is 0. The number of nitrogens with one attached hydrogen (secondary N) is 1. The zero-order valence-corrected chi connectivity index (χ0v) is 9.95. The highest BCUT2D eigenvalue weighted by Crippen LogP contribution is 2.08. The van der Waals surface area contributed by atoms with Gasteiger partial charge in [0.1, 0.15) is 0 Å². The molecule has 1 saturated heterocycles. The molecule has 0 bridgehead atoms. The fourth-order valence-electron chi connectivity index (χ4n) is 1.78. The third-order valence-electron chi connectivity index (χ3n) is 2.77. The number of piperidine rings is 1. The highest BCUT2D eigenvalue weighted by atomic mass is 16.5. The molecule has 0 spiro atoms. The van der Waals surface area contributed by atoms with E-state index < -0.39 is 0 Å². The van der Waals surface area contributed by atoms with E-state index in [1.54, 1.807) is 7.11 Å². The average Bonchev–Trinajstić information content (AvgIpc) is 2.28. The molecule has 1 aliphatic heterocycles.